The molecule has 1 aromatic rings. The van der Waals surface area contributed by atoms with Crippen LogP contribution in [0, 0.1) is 23.1 Å². The monoisotopic (exact) mass is 360 g/mol. The molecule has 0 radical (unpaired) electrons. The number of nitrogens with zero attached hydrogens (tertiary/aromatic N) is 2. The van der Waals surface area contributed by atoms with E-state index in [1.165, 1.54) is 12.1 Å². The third kappa shape index (κ3) is 4.70. The Morgan fingerprint density at radius 2 is 2.08 bits per heavy atom. The molecule has 0 aliphatic heterocycles. The Morgan fingerprint density at radius 3 is 2.69 bits per heavy atom. The summed E-state index contributed by atoms with van der Waals surface area (Å²) in [6.07, 6.45) is 3.71. The second kappa shape index (κ2) is 7.70. The zero-order valence-electron chi connectivity index (χ0n) is 14.2. The number of benzene rings is 1. The van der Waals surface area contributed by atoms with Crippen LogP contribution >= 0.6 is 0 Å². The van der Waals surface area contributed by atoms with Gasteiger partial charge in [0, 0.05) is 18.6 Å². The molecule has 0 aromatic heterocycles. The van der Waals surface area contributed by atoms with Crippen LogP contribution in [-0.2, 0) is 4.79 Å². The Labute approximate surface area is 150 Å². The first-order chi connectivity index (χ1) is 12.4. The Balaban J connectivity index is 1.48. The highest BCUT2D eigenvalue weighted by atomic mass is 19.1. The summed E-state index contributed by atoms with van der Waals surface area (Å²) in [7, 11) is 0. The molecule has 2 aliphatic rings. The average Bonchev–Trinajstić information content (AvgIpc) is 3.35. The molecule has 1 aromatic carbocycles. The first kappa shape index (κ1) is 18.1. The maximum absolute atomic E-state index is 13.1. The van der Waals surface area contributed by atoms with E-state index in [9.17, 15) is 14.0 Å². The van der Waals surface area contributed by atoms with Crippen molar-refractivity contribution in [1.29, 1.82) is 5.26 Å². The normalized spacial score (nSPS) is 21.6. The van der Waals surface area contributed by atoms with Crippen molar-refractivity contribution in [2.75, 3.05) is 18.4 Å². The second-order valence-electron chi connectivity index (χ2n) is 6.99. The highest BCUT2D eigenvalue weighted by Gasteiger charge is 2.37. The van der Waals surface area contributed by atoms with Gasteiger partial charge in [-0.3, -0.25) is 9.69 Å². The van der Waals surface area contributed by atoms with E-state index in [4.69, 9.17) is 10.4 Å². The van der Waals surface area contributed by atoms with Gasteiger partial charge in [-0.2, -0.15) is 5.26 Å². The molecule has 2 fully saturated rings. The number of carbonyl (C=O) groups is 2. The van der Waals surface area contributed by atoms with E-state index >= 15 is 0 Å². The molecule has 2 aliphatic carbocycles. The van der Waals surface area contributed by atoms with Gasteiger partial charge in [-0.25, -0.2) is 9.18 Å². The summed E-state index contributed by atoms with van der Waals surface area (Å²) < 4.78 is 13.1. The van der Waals surface area contributed by atoms with Crippen LogP contribution in [0.3, 0.4) is 0 Å². The Kier molecular flexibility index (Phi) is 5.38. The fourth-order valence-corrected chi connectivity index (χ4v) is 3.21. The van der Waals surface area contributed by atoms with Crippen LogP contribution in [0.1, 0.15) is 31.2 Å². The standard InChI is InChI=1S/C18H21FN4O3/c19-13-3-4-16(12(5-13)8-20)22-18(26)21-14-6-15(7-14)23(10-17(24)25)9-11-1-2-11/h3-5,11,14-15H,1-2,6-7,9-10H2,(H,24,25)(H2,21,22,26). The van der Waals surface area contributed by atoms with Gasteiger partial charge in [-0.05, 0) is 49.8 Å². The molecule has 8 heteroatoms. The third-order valence-corrected chi connectivity index (χ3v) is 4.84. The number of aliphatic carboxylic acids is 1. The van der Waals surface area contributed by atoms with E-state index in [0.717, 1.165) is 25.5 Å². The van der Waals surface area contributed by atoms with Gasteiger partial charge in [0.05, 0.1) is 17.8 Å². The molecule has 26 heavy (non-hydrogen) atoms. The van der Waals surface area contributed by atoms with E-state index in [1.54, 1.807) is 0 Å². The first-order valence-electron chi connectivity index (χ1n) is 8.67. The zero-order valence-corrected chi connectivity index (χ0v) is 14.2. The minimum absolute atomic E-state index is 0.0290. The molecular weight excluding hydrogens is 339 g/mol. The summed E-state index contributed by atoms with van der Waals surface area (Å²) in [6.45, 7) is 0.832. The predicted molar refractivity (Wildman–Crippen MR) is 92.0 cm³/mol. The van der Waals surface area contributed by atoms with Crippen LogP contribution in [0.25, 0.3) is 0 Å². The average molecular weight is 360 g/mol. The molecule has 2 saturated carbocycles. The van der Waals surface area contributed by atoms with Gasteiger partial charge in [-0.15, -0.1) is 0 Å². The third-order valence-electron chi connectivity index (χ3n) is 4.84. The van der Waals surface area contributed by atoms with E-state index in [0.29, 0.717) is 18.8 Å². The van der Waals surface area contributed by atoms with Gasteiger partial charge < -0.3 is 15.7 Å². The zero-order chi connectivity index (χ0) is 18.7. The van der Waals surface area contributed by atoms with Gasteiger partial charge in [0.15, 0.2) is 0 Å². The predicted octanol–water partition coefficient (Wildman–Crippen LogP) is 2.15. The highest BCUT2D eigenvalue weighted by Crippen LogP contribution is 2.33. The van der Waals surface area contributed by atoms with Crippen molar-refractivity contribution < 1.29 is 19.1 Å². The molecule has 2 amide bonds. The summed E-state index contributed by atoms with van der Waals surface area (Å²) in [5.41, 5.74) is 0.312. The molecule has 138 valence electrons. The number of rotatable bonds is 7. The lowest BCUT2D eigenvalue weighted by molar-refractivity contribution is -0.139. The van der Waals surface area contributed by atoms with Crippen molar-refractivity contribution in [3.8, 4) is 6.07 Å². The second-order valence-corrected chi connectivity index (χ2v) is 6.99. The number of urea groups is 1. The maximum Gasteiger partial charge on any atom is 0.319 e. The molecule has 3 N–H and O–H groups in total. The SMILES string of the molecule is N#Cc1cc(F)ccc1NC(=O)NC1CC(N(CC(=O)O)CC2CC2)C1. The largest absolute Gasteiger partial charge is 0.480 e. The molecule has 0 bridgehead atoms. The summed E-state index contributed by atoms with van der Waals surface area (Å²) in [5, 5.41) is 23.4. The number of nitrogens with one attached hydrogen (secondary N) is 2. The van der Waals surface area contributed by atoms with Crippen molar-refractivity contribution in [3.63, 3.8) is 0 Å². The number of hydrogen-bond acceptors (Lipinski definition) is 4. The Hall–Kier alpha value is -2.66. The number of anilines is 1. The minimum Gasteiger partial charge on any atom is -0.480 e. The molecule has 0 spiro atoms. The topological polar surface area (TPSA) is 105 Å². The van der Waals surface area contributed by atoms with Gasteiger partial charge in [-0.1, -0.05) is 0 Å². The molecule has 7 nitrogen and oxygen atoms in total. The molecular formula is C18H21FN4O3. The number of nitriles is 1. The van der Waals surface area contributed by atoms with Gasteiger partial charge in [0.2, 0.25) is 0 Å². The number of carboxylic acid groups (broad SMARTS) is 1. The lowest BCUT2D eigenvalue weighted by atomic mass is 9.85. The van der Waals surface area contributed by atoms with Crippen molar-refractivity contribution in [1.82, 2.24) is 10.2 Å². The van der Waals surface area contributed by atoms with Gasteiger partial charge in [0.1, 0.15) is 11.9 Å². The van der Waals surface area contributed by atoms with E-state index in [1.807, 2.05) is 11.0 Å². The van der Waals surface area contributed by atoms with Crippen molar-refractivity contribution >= 4 is 17.7 Å². The van der Waals surface area contributed by atoms with Crippen LogP contribution in [0.4, 0.5) is 14.9 Å². The number of carbonyl (C=O) groups excluding carboxylic acids is 1. The molecule has 0 saturated heterocycles. The van der Waals surface area contributed by atoms with Crippen LogP contribution in [0.15, 0.2) is 18.2 Å². The molecule has 0 heterocycles. The molecule has 0 unspecified atom stereocenters. The molecule has 3 rings (SSSR count). The summed E-state index contributed by atoms with van der Waals surface area (Å²) in [4.78, 5) is 25.1. The van der Waals surface area contributed by atoms with Crippen LogP contribution in [0.2, 0.25) is 0 Å². The lowest BCUT2D eigenvalue weighted by Gasteiger charge is -2.42. The van der Waals surface area contributed by atoms with E-state index in [2.05, 4.69) is 10.6 Å². The number of hydrogen-bond donors (Lipinski definition) is 3. The fourth-order valence-electron chi connectivity index (χ4n) is 3.21. The Morgan fingerprint density at radius 1 is 1.35 bits per heavy atom. The van der Waals surface area contributed by atoms with Gasteiger partial charge >= 0.3 is 12.0 Å². The summed E-state index contributed by atoms with van der Waals surface area (Å²) >= 11 is 0. The van der Waals surface area contributed by atoms with Crippen LogP contribution in [0.5, 0.6) is 0 Å². The van der Waals surface area contributed by atoms with E-state index < -0.39 is 17.8 Å². The van der Waals surface area contributed by atoms with Crippen molar-refractivity contribution in [2.45, 2.75) is 37.8 Å². The number of halogens is 1. The smallest absolute Gasteiger partial charge is 0.319 e. The van der Waals surface area contributed by atoms with Crippen LogP contribution < -0.4 is 10.6 Å². The van der Waals surface area contributed by atoms with E-state index in [-0.39, 0.29) is 29.9 Å². The number of carboxylic acids is 1. The summed E-state index contributed by atoms with van der Waals surface area (Å²) in [6, 6.07) is 5.10. The van der Waals surface area contributed by atoms with Crippen molar-refractivity contribution in [2.24, 2.45) is 5.92 Å². The lowest BCUT2D eigenvalue weighted by Crippen LogP contribution is -2.55. The van der Waals surface area contributed by atoms with Crippen LogP contribution in [-0.4, -0.2) is 47.2 Å². The maximum atomic E-state index is 13.1. The first-order valence-corrected chi connectivity index (χ1v) is 8.67. The highest BCUT2D eigenvalue weighted by molar-refractivity contribution is 5.91. The fraction of sp³-hybridized carbons (Fsp3) is 0.500. The van der Waals surface area contributed by atoms with Crippen molar-refractivity contribution in [3.05, 3.63) is 29.6 Å². The summed E-state index contributed by atoms with van der Waals surface area (Å²) in [5.74, 6) is -0.767. The quantitative estimate of drug-likeness (QED) is 0.691. The van der Waals surface area contributed by atoms with Gasteiger partial charge in [0.25, 0.3) is 0 Å². The number of amides is 2. The molecule has 0 atom stereocenters. The Bertz CT molecular complexity index is 738. The minimum atomic E-state index is -0.833.